The van der Waals surface area contributed by atoms with Crippen molar-refractivity contribution in [3.05, 3.63) is 70.8 Å². The topological polar surface area (TPSA) is 109 Å². The number of likely N-dealkylation sites (N-methyl/N-ethyl adjacent to an activating group) is 2. The maximum absolute atomic E-state index is 11.0. The molecule has 0 unspecified atom stereocenters. The van der Waals surface area contributed by atoms with Crippen molar-refractivity contribution in [2.45, 2.75) is 73.0 Å². The predicted octanol–water partition coefficient (Wildman–Crippen LogP) is 3.46. The smallest absolute Gasteiger partial charge is 0.202 e. The van der Waals surface area contributed by atoms with Crippen molar-refractivity contribution in [1.82, 2.24) is 9.80 Å². The van der Waals surface area contributed by atoms with Gasteiger partial charge in [0, 0.05) is 45.9 Å². The van der Waals surface area contributed by atoms with E-state index in [0.29, 0.717) is 35.1 Å². The summed E-state index contributed by atoms with van der Waals surface area (Å²) in [7, 11) is 4.39. The fourth-order valence-corrected chi connectivity index (χ4v) is 10.7. The molecule has 4 aliphatic carbocycles. The van der Waals surface area contributed by atoms with Gasteiger partial charge in [0.2, 0.25) is 11.5 Å². The number of aliphatic hydroxyl groups excluding tert-OH is 2. The second-order valence-electron chi connectivity index (χ2n) is 14.2. The van der Waals surface area contributed by atoms with Crippen LogP contribution in [-0.4, -0.2) is 83.7 Å². The number of aliphatic hydroxyl groups is 2. The zero-order chi connectivity index (χ0) is 29.5. The molecular weight excluding hydrogens is 596 g/mol. The molecule has 0 radical (unpaired) electrons. The van der Waals surface area contributed by atoms with Crippen LogP contribution in [0.3, 0.4) is 0 Å². The number of benzene rings is 2. The maximum Gasteiger partial charge on any atom is 0.202 e. The van der Waals surface area contributed by atoms with E-state index in [9.17, 15) is 10.2 Å². The van der Waals surface area contributed by atoms with Crippen molar-refractivity contribution < 1.29 is 29.4 Å². The number of rotatable bonds is 4. The van der Waals surface area contributed by atoms with E-state index in [4.69, 9.17) is 19.1 Å². The SMILES string of the molecule is CN1CC[C@]23c4c5ccc(ON=NOc6ccc7c8c6O[C@H]6[C@@H](O)C=C[C@H]9[C@@H](C7)N(C)CC[C@@]896)c4O[C@H]2[C@@H](O)C=C[C@H]3[C@H]1C5.Cl. The molecule has 10 rings (SSSR count). The number of nitrogens with zero attached hydrogens (tertiary/aromatic N) is 4. The molecule has 2 aromatic carbocycles. The van der Waals surface area contributed by atoms with Crippen molar-refractivity contribution in [3.63, 3.8) is 0 Å². The van der Waals surface area contributed by atoms with Crippen LogP contribution in [0.1, 0.15) is 35.1 Å². The van der Waals surface area contributed by atoms with E-state index in [1.165, 1.54) is 11.1 Å². The van der Waals surface area contributed by atoms with Crippen LogP contribution in [0.4, 0.5) is 0 Å². The highest BCUT2D eigenvalue weighted by atomic mass is 35.5. The number of piperidine rings is 2. The van der Waals surface area contributed by atoms with Crippen LogP contribution in [0.2, 0.25) is 0 Å². The Morgan fingerprint density at radius 3 is 1.60 bits per heavy atom. The lowest BCUT2D eigenvalue weighted by molar-refractivity contribution is -0.0456. The van der Waals surface area contributed by atoms with E-state index in [-0.39, 0.29) is 47.3 Å². The van der Waals surface area contributed by atoms with Crippen LogP contribution in [-0.2, 0) is 23.7 Å². The highest BCUT2D eigenvalue weighted by Crippen LogP contribution is 2.64. The fraction of sp³-hybridized carbons (Fsp3) is 0.529. The maximum atomic E-state index is 11.0. The third kappa shape index (κ3) is 3.34. The van der Waals surface area contributed by atoms with Crippen LogP contribution in [0.25, 0.3) is 0 Å². The number of likely N-dealkylation sites (tertiary alicyclic amines) is 2. The molecule has 4 bridgehead atoms. The standard InChI is InChI=1S/C34H36N4O6.ClH/c1-37-13-11-33-19-5-7-23(39)31(33)41-29-25(9-3-17(27(29)33)15-21(19)37)43-35-36-44-26-10-4-18-16-22-20-6-8-24(40)32-34(20,12-14-38(22)2)28(18)30(26)42-32;/h3-10,19-24,31-32,39-40H,11-16H2,1-2H3;1H/t19-,20-,21+,22+,23-,24-,31-,32-,33-,34-;/m0./s1. The summed E-state index contributed by atoms with van der Waals surface area (Å²) in [5.41, 5.74) is 4.27. The minimum atomic E-state index is -0.681. The molecule has 2 fully saturated rings. The van der Waals surface area contributed by atoms with E-state index in [1.54, 1.807) is 0 Å². The lowest BCUT2D eigenvalue weighted by atomic mass is 9.53. The Balaban J connectivity index is 0.00000281. The molecule has 8 aliphatic rings. The second kappa shape index (κ2) is 9.45. The first-order valence-electron chi connectivity index (χ1n) is 16.0. The Labute approximate surface area is 267 Å². The van der Waals surface area contributed by atoms with Gasteiger partial charge in [-0.15, -0.1) is 12.4 Å². The van der Waals surface area contributed by atoms with Crippen molar-refractivity contribution >= 4 is 12.4 Å². The van der Waals surface area contributed by atoms with Gasteiger partial charge in [0.1, 0.15) is 24.4 Å². The van der Waals surface area contributed by atoms with Gasteiger partial charge in [-0.3, -0.25) is 0 Å². The zero-order valence-corrected chi connectivity index (χ0v) is 26.0. The van der Waals surface area contributed by atoms with Crippen molar-refractivity contribution in [3.8, 4) is 23.0 Å². The largest absolute Gasteiger partial charge is 0.482 e. The van der Waals surface area contributed by atoms with Gasteiger partial charge < -0.3 is 39.2 Å². The minimum Gasteiger partial charge on any atom is -0.482 e. The molecule has 0 saturated carbocycles. The monoisotopic (exact) mass is 632 g/mol. The average Bonchev–Trinajstić information content (AvgIpc) is 3.56. The van der Waals surface area contributed by atoms with Crippen LogP contribution >= 0.6 is 12.4 Å². The summed E-state index contributed by atoms with van der Waals surface area (Å²) < 4.78 is 13.1. The summed E-state index contributed by atoms with van der Waals surface area (Å²) in [6.07, 6.45) is 9.81. The van der Waals surface area contributed by atoms with Gasteiger partial charge in [0.05, 0.1) is 10.6 Å². The molecule has 2 spiro atoms. The summed E-state index contributed by atoms with van der Waals surface area (Å²) >= 11 is 0. The Kier molecular flexibility index (Phi) is 5.90. The van der Waals surface area contributed by atoms with Gasteiger partial charge in [-0.25, -0.2) is 0 Å². The van der Waals surface area contributed by atoms with Crippen LogP contribution < -0.4 is 19.1 Å². The van der Waals surface area contributed by atoms with Gasteiger partial charge >= 0.3 is 0 Å². The molecule has 11 heteroatoms. The molecular formula is C34H37ClN4O6. The highest BCUT2D eigenvalue weighted by molar-refractivity contribution is 5.85. The minimum absolute atomic E-state index is 0. The van der Waals surface area contributed by atoms with Crippen LogP contribution in [0.5, 0.6) is 23.0 Å². The Bertz CT molecular complexity index is 1580. The number of ether oxygens (including phenoxy) is 2. The van der Waals surface area contributed by atoms with Crippen molar-refractivity contribution in [2.24, 2.45) is 22.4 Å². The highest BCUT2D eigenvalue weighted by Gasteiger charge is 2.65. The fourth-order valence-electron chi connectivity index (χ4n) is 10.7. The molecule has 10 atom stereocenters. The summed E-state index contributed by atoms with van der Waals surface area (Å²) in [6, 6.07) is 8.73. The first kappa shape index (κ1) is 28.1. The number of hydrogen-bond donors (Lipinski definition) is 2. The number of hydrogen-bond acceptors (Lipinski definition) is 10. The van der Waals surface area contributed by atoms with E-state index < -0.39 is 12.2 Å². The van der Waals surface area contributed by atoms with Gasteiger partial charge in [-0.2, -0.15) is 0 Å². The molecule has 45 heavy (non-hydrogen) atoms. The molecule has 2 saturated heterocycles. The molecule has 0 aromatic heterocycles. The molecule has 0 amide bonds. The van der Waals surface area contributed by atoms with Crippen LogP contribution in [0, 0.1) is 11.8 Å². The molecule has 10 nitrogen and oxygen atoms in total. The molecule has 4 aliphatic heterocycles. The average molecular weight is 633 g/mol. The Morgan fingerprint density at radius 1 is 0.711 bits per heavy atom. The van der Waals surface area contributed by atoms with Gasteiger partial charge in [-0.05, 0) is 76.1 Å². The molecule has 2 N–H and O–H groups in total. The Morgan fingerprint density at radius 2 is 1.16 bits per heavy atom. The lowest BCUT2D eigenvalue weighted by Crippen LogP contribution is -2.64. The molecule has 2 aromatic rings. The third-order valence-electron chi connectivity index (χ3n) is 12.6. The summed E-state index contributed by atoms with van der Waals surface area (Å²) in [6.45, 7) is 1.91. The van der Waals surface area contributed by atoms with E-state index in [0.717, 1.165) is 49.9 Å². The Hall–Kier alpha value is -3.15. The predicted molar refractivity (Wildman–Crippen MR) is 165 cm³/mol. The van der Waals surface area contributed by atoms with E-state index in [1.807, 2.05) is 24.3 Å². The molecule has 236 valence electrons. The van der Waals surface area contributed by atoms with E-state index in [2.05, 4.69) is 58.7 Å². The van der Waals surface area contributed by atoms with Gasteiger partial charge in [0.15, 0.2) is 11.5 Å². The third-order valence-corrected chi connectivity index (χ3v) is 12.6. The summed E-state index contributed by atoms with van der Waals surface area (Å²) in [5, 5.41) is 30.0. The van der Waals surface area contributed by atoms with Gasteiger partial charge in [-0.1, -0.05) is 36.4 Å². The van der Waals surface area contributed by atoms with E-state index >= 15 is 0 Å². The molecule has 4 heterocycles. The van der Waals surface area contributed by atoms with Crippen LogP contribution in [0.15, 0.2) is 59.1 Å². The first-order valence-corrected chi connectivity index (χ1v) is 16.0. The van der Waals surface area contributed by atoms with Gasteiger partial charge in [0.25, 0.3) is 0 Å². The van der Waals surface area contributed by atoms with Crippen molar-refractivity contribution in [1.29, 1.82) is 0 Å². The summed E-state index contributed by atoms with van der Waals surface area (Å²) in [4.78, 5) is 16.6. The second-order valence-corrected chi connectivity index (χ2v) is 14.2. The normalized spacial score (nSPS) is 40.7. The lowest BCUT2D eigenvalue weighted by Gasteiger charge is -2.56. The quantitative estimate of drug-likeness (QED) is 0.300. The summed E-state index contributed by atoms with van der Waals surface area (Å²) in [5.74, 6) is 2.80. The zero-order valence-electron chi connectivity index (χ0n) is 25.2. The first-order chi connectivity index (χ1) is 21.4. The number of halogens is 1. The van der Waals surface area contributed by atoms with Crippen molar-refractivity contribution in [2.75, 3.05) is 27.2 Å².